The first-order valence-corrected chi connectivity index (χ1v) is 7.64. The number of amides is 1. The Kier molecular flexibility index (Phi) is 8.16. The van der Waals surface area contributed by atoms with Crippen molar-refractivity contribution in [3.05, 3.63) is 32.8 Å². The lowest BCUT2D eigenvalue weighted by atomic mass is 10.2. The summed E-state index contributed by atoms with van der Waals surface area (Å²) < 4.78 is 9.30. The number of rotatable bonds is 7. The van der Waals surface area contributed by atoms with Crippen LogP contribution in [0.25, 0.3) is 0 Å². The van der Waals surface area contributed by atoms with Gasteiger partial charge in [-0.05, 0) is 18.6 Å². The largest absolute Gasteiger partial charge is 0.469 e. The van der Waals surface area contributed by atoms with Gasteiger partial charge in [0.05, 0.1) is 27.7 Å². The van der Waals surface area contributed by atoms with Crippen LogP contribution in [0.5, 0.6) is 0 Å². The molecular weight excluding hydrogens is 369 g/mol. The van der Waals surface area contributed by atoms with Gasteiger partial charge in [0.15, 0.2) is 6.61 Å². The number of hydrogen-bond acceptors (Lipinski definition) is 5. The standard InChI is InChI=1S/C14H14Cl3NO5/c1-22-11(20)3-2-6-18-10(19)7-23-14(21)12-8(15)4-5-9(16)13(12)17/h4-5H,2-3,6-7H2,1H3,(H,18,19). The quantitative estimate of drug-likeness (QED) is 0.445. The molecule has 23 heavy (non-hydrogen) atoms. The van der Waals surface area contributed by atoms with E-state index in [-0.39, 0.29) is 39.6 Å². The highest BCUT2D eigenvalue weighted by Crippen LogP contribution is 2.31. The fourth-order valence-electron chi connectivity index (χ4n) is 1.53. The summed E-state index contributed by atoms with van der Waals surface area (Å²) in [5.41, 5.74) is -0.0978. The smallest absolute Gasteiger partial charge is 0.341 e. The van der Waals surface area contributed by atoms with E-state index in [2.05, 4.69) is 10.1 Å². The van der Waals surface area contributed by atoms with Gasteiger partial charge in [-0.3, -0.25) is 9.59 Å². The van der Waals surface area contributed by atoms with Gasteiger partial charge in [0, 0.05) is 13.0 Å². The molecule has 0 saturated carbocycles. The molecule has 0 unspecified atom stereocenters. The Morgan fingerprint density at radius 2 is 1.78 bits per heavy atom. The Morgan fingerprint density at radius 1 is 1.13 bits per heavy atom. The summed E-state index contributed by atoms with van der Waals surface area (Å²) in [6.07, 6.45) is 0.600. The van der Waals surface area contributed by atoms with Crippen molar-refractivity contribution in [3.63, 3.8) is 0 Å². The van der Waals surface area contributed by atoms with Gasteiger partial charge < -0.3 is 14.8 Å². The molecule has 0 atom stereocenters. The third kappa shape index (κ3) is 6.25. The maximum absolute atomic E-state index is 11.9. The van der Waals surface area contributed by atoms with Gasteiger partial charge in [0.25, 0.3) is 5.91 Å². The van der Waals surface area contributed by atoms with Crippen molar-refractivity contribution >= 4 is 52.6 Å². The van der Waals surface area contributed by atoms with Crippen molar-refractivity contribution in [2.24, 2.45) is 0 Å². The SMILES string of the molecule is COC(=O)CCCNC(=O)COC(=O)c1c(Cl)ccc(Cl)c1Cl. The average Bonchev–Trinajstić information content (AvgIpc) is 2.53. The molecular formula is C14H14Cl3NO5. The van der Waals surface area contributed by atoms with Crippen LogP contribution in [0, 0.1) is 0 Å². The van der Waals surface area contributed by atoms with Crippen LogP contribution in [0.3, 0.4) is 0 Å². The molecule has 0 aliphatic heterocycles. The monoisotopic (exact) mass is 381 g/mol. The lowest BCUT2D eigenvalue weighted by molar-refractivity contribution is -0.140. The van der Waals surface area contributed by atoms with Crippen LogP contribution >= 0.6 is 34.8 Å². The summed E-state index contributed by atoms with van der Waals surface area (Å²) in [5.74, 6) is -1.74. The maximum atomic E-state index is 11.9. The second kappa shape index (κ2) is 9.60. The van der Waals surface area contributed by atoms with Crippen LogP contribution in [0.1, 0.15) is 23.2 Å². The van der Waals surface area contributed by atoms with Gasteiger partial charge in [-0.25, -0.2) is 4.79 Å². The van der Waals surface area contributed by atoms with Crippen LogP contribution in [-0.2, 0) is 19.1 Å². The van der Waals surface area contributed by atoms with Crippen molar-refractivity contribution in [1.82, 2.24) is 5.32 Å². The van der Waals surface area contributed by atoms with Gasteiger partial charge in [0.1, 0.15) is 0 Å². The van der Waals surface area contributed by atoms with E-state index in [1.807, 2.05) is 0 Å². The lowest BCUT2D eigenvalue weighted by Crippen LogP contribution is -2.30. The molecule has 126 valence electrons. The van der Waals surface area contributed by atoms with Crippen molar-refractivity contribution in [2.75, 3.05) is 20.3 Å². The highest BCUT2D eigenvalue weighted by atomic mass is 35.5. The molecule has 0 aromatic heterocycles. The minimum absolute atomic E-state index is 0.0392. The maximum Gasteiger partial charge on any atom is 0.341 e. The first kappa shape index (κ1) is 19.5. The molecule has 0 aliphatic rings. The number of carbonyl (C=O) groups excluding carboxylic acids is 3. The average molecular weight is 383 g/mol. The number of carbonyl (C=O) groups is 3. The molecule has 0 bridgehead atoms. The van der Waals surface area contributed by atoms with E-state index in [0.29, 0.717) is 6.42 Å². The first-order valence-electron chi connectivity index (χ1n) is 6.51. The zero-order valence-electron chi connectivity index (χ0n) is 12.2. The molecule has 0 fully saturated rings. The third-order valence-corrected chi connectivity index (χ3v) is 3.81. The van der Waals surface area contributed by atoms with Crippen molar-refractivity contribution in [1.29, 1.82) is 0 Å². The summed E-state index contributed by atoms with van der Waals surface area (Å²) >= 11 is 17.6. The summed E-state index contributed by atoms with van der Waals surface area (Å²) in [5, 5.41) is 2.67. The molecule has 9 heteroatoms. The highest BCUT2D eigenvalue weighted by Gasteiger charge is 2.19. The summed E-state index contributed by atoms with van der Waals surface area (Å²) in [4.78, 5) is 34.3. The highest BCUT2D eigenvalue weighted by molar-refractivity contribution is 6.46. The van der Waals surface area contributed by atoms with Crippen molar-refractivity contribution in [3.8, 4) is 0 Å². The fourth-order valence-corrected chi connectivity index (χ4v) is 2.21. The molecule has 0 spiro atoms. The van der Waals surface area contributed by atoms with Crippen molar-refractivity contribution < 1.29 is 23.9 Å². The van der Waals surface area contributed by atoms with E-state index in [0.717, 1.165) is 0 Å². The van der Waals surface area contributed by atoms with E-state index in [1.165, 1.54) is 19.2 Å². The molecule has 1 rings (SSSR count). The number of methoxy groups -OCH3 is 1. The van der Waals surface area contributed by atoms with Gasteiger partial charge in [0.2, 0.25) is 0 Å². The third-order valence-electron chi connectivity index (χ3n) is 2.69. The topological polar surface area (TPSA) is 81.7 Å². The molecule has 0 aliphatic carbocycles. The summed E-state index contributed by atoms with van der Waals surface area (Å²) in [6.45, 7) is -0.250. The number of ether oxygens (including phenoxy) is 2. The van der Waals surface area contributed by atoms with Gasteiger partial charge in [-0.15, -0.1) is 0 Å². The van der Waals surface area contributed by atoms with E-state index in [9.17, 15) is 14.4 Å². The molecule has 6 nitrogen and oxygen atoms in total. The van der Waals surface area contributed by atoms with Gasteiger partial charge >= 0.3 is 11.9 Å². The predicted octanol–water partition coefficient (Wildman–Crippen LogP) is 2.87. The normalized spacial score (nSPS) is 10.1. The minimum Gasteiger partial charge on any atom is -0.469 e. The molecule has 0 radical (unpaired) electrons. The molecule has 0 heterocycles. The van der Waals surface area contributed by atoms with E-state index >= 15 is 0 Å². The van der Waals surface area contributed by atoms with Gasteiger partial charge in [-0.2, -0.15) is 0 Å². The lowest BCUT2D eigenvalue weighted by Gasteiger charge is -2.09. The van der Waals surface area contributed by atoms with E-state index < -0.39 is 18.5 Å². The zero-order chi connectivity index (χ0) is 17.4. The number of hydrogen-bond donors (Lipinski definition) is 1. The Labute approximate surface area is 148 Å². The number of esters is 2. The Balaban J connectivity index is 2.43. The van der Waals surface area contributed by atoms with Crippen LogP contribution < -0.4 is 5.32 Å². The second-order valence-electron chi connectivity index (χ2n) is 4.32. The van der Waals surface area contributed by atoms with Crippen LogP contribution in [-0.4, -0.2) is 38.1 Å². The molecule has 0 saturated heterocycles. The molecule has 1 amide bonds. The van der Waals surface area contributed by atoms with Crippen LogP contribution in [0.2, 0.25) is 15.1 Å². The summed E-state index contributed by atoms with van der Waals surface area (Å²) in [7, 11) is 1.28. The zero-order valence-corrected chi connectivity index (χ0v) is 14.4. The predicted molar refractivity (Wildman–Crippen MR) is 86.0 cm³/mol. The Morgan fingerprint density at radius 3 is 2.43 bits per heavy atom. The molecule has 1 aromatic carbocycles. The number of benzene rings is 1. The van der Waals surface area contributed by atoms with Crippen molar-refractivity contribution in [2.45, 2.75) is 12.8 Å². The van der Waals surface area contributed by atoms with Gasteiger partial charge in [-0.1, -0.05) is 34.8 Å². The summed E-state index contributed by atoms with van der Waals surface area (Å²) in [6, 6.07) is 2.84. The fraction of sp³-hybridized carbons (Fsp3) is 0.357. The number of halogens is 3. The van der Waals surface area contributed by atoms with Crippen LogP contribution in [0.15, 0.2) is 12.1 Å². The van der Waals surface area contributed by atoms with E-state index in [4.69, 9.17) is 39.5 Å². The Bertz CT molecular complexity index is 606. The number of nitrogens with one attached hydrogen (secondary N) is 1. The van der Waals surface area contributed by atoms with E-state index in [1.54, 1.807) is 0 Å². The van der Waals surface area contributed by atoms with Crippen LogP contribution in [0.4, 0.5) is 0 Å². The first-order chi connectivity index (χ1) is 10.9. The second-order valence-corrected chi connectivity index (χ2v) is 5.52. The molecule has 1 aromatic rings. The Hall–Kier alpha value is -1.50. The molecule has 1 N–H and O–H groups in total. The minimum atomic E-state index is -0.854.